The third-order valence-electron chi connectivity index (χ3n) is 2.48. The Morgan fingerprint density at radius 3 is 2.31 bits per heavy atom. The molecule has 0 heterocycles. The quantitative estimate of drug-likeness (QED) is 0.486. The molecule has 1 N–H and O–H groups in total. The second-order valence-corrected chi connectivity index (χ2v) is 4.08. The molecule has 16 heavy (non-hydrogen) atoms. The lowest BCUT2D eigenvalue weighted by atomic mass is 10.0. The van der Waals surface area contributed by atoms with Crippen LogP contribution >= 0.6 is 0 Å². The van der Waals surface area contributed by atoms with Gasteiger partial charge in [-0.1, -0.05) is 42.9 Å². The molecule has 88 valence electrons. The first-order valence-corrected chi connectivity index (χ1v) is 5.71. The average molecular weight is 217 g/mol. The van der Waals surface area contributed by atoms with Crippen LogP contribution in [0.3, 0.4) is 0 Å². The largest absolute Gasteiger partial charge is 0.313 e. The van der Waals surface area contributed by atoms with Gasteiger partial charge in [0.05, 0.1) is 0 Å². The van der Waals surface area contributed by atoms with Gasteiger partial charge in [0.25, 0.3) is 0 Å². The zero-order valence-electron chi connectivity index (χ0n) is 10.9. The molecule has 0 fully saturated rings. The molecule has 0 aliphatic rings. The monoisotopic (exact) mass is 217 g/mol. The minimum atomic E-state index is 0.682. The summed E-state index contributed by atoms with van der Waals surface area (Å²) in [5, 5.41) is 6.97. The van der Waals surface area contributed by atoms with Crippen LogP contribution in [-0.2, 0) is 0 Å². The Bertz CT molecular complexity index is 340. The highest BCUT2D eigenvalue weighted by Crippen LogP contribution is 2.13. The third-order valence-corrected chi connectivity index (χ3v) is 2.48. The van der Waals surface area contributed by atoms with Crippen molar-refractivity contribution >= 4 is 6.21 Å². The van der Waals surface area contributed by atoms with E-state index >= 15 is 0 Å². The van der Waals surface area contributed by atoms with Gasteiger partial charge in [0.15, 0.2) is 0 Å². The molecule has 0 saturated carbocycles. The molecule has 0 atom stereocenters. The molecule has 0 aromatic carbocycles. The number of nitrogens with one attached hydrogen (secondary N) is 1. The predicted molar refractivity (Wildman–Crippen MR) is 74.1 cm³/mol. The number of allylic oxidation sites excluding steroid dienone is 7. The van der Waals surface area contributed by atoms with Crippen molar-refractivity contribution < 1.29 is 0 Å². The lowest BCUT2D eigenvalue weighted by molar-refractivity contribution is 1.09. The number of hydrogen-bond acceptors (Lipinski definition) is 1. The minimum Gasteiger partial charge on any atom is -0.313 e. The minimum absolute atomic E-state index is 0.682. The Hall–Kier alpha value is -1.37. The molecule has 0 radical (unpaired) electrons. The highest BCUT2D eigenvalue weighted by Gasteiger charge is 1.94. The van der Waals surface area contributed by atoms with Gasteiger partial charge in [0.2, 0.25) is 0 Å². The van der Waals surface area contributed by atoms with Crippen molar-refractivity contribution in [3.8, 4) is 0 Å². The molecule has 0 saturated heterocycles. The average Bonchev–Trinajstić information content (AvgIpc) is 2.25. The van der Waals surface area contributed by atoms with Gasteiger partial charge in [-0.2, -0.15) is 0 Å². The van der Waals surface area contributed by atoms with E-state index in [1.54, 1.807) is 0 Å². The topological polar surface area (TPSA) is 23.9 Å². The smallest absolute Gasteiger partial charge is 0.000575 e. The van der Waals surface area contributed by atoms with E-state index in [9.17, 15) is 0 Å². The zero-order chi connectivity index (χ0) is 12.6. The fraction of sp³-hybridized carbons (Fsp3) is 0.400. The summed E-state index contributed by atoms with van der Waals surface area (Å²) in [5.74, 6) is 0. The molecule has 0 aromatic rings. The molecular formula is C15H23N. The first kappa shape index (κ1) is 14.6. The summed E-state index contributed by atoms with van der Waals surface area (Å²) in [5.41, 5.74) is 4.78. The van der Waals surface area contributed by atoms with Crippen LogP contribution in [0, 0.1) is 5.41 Å². The van der Waals surface area contributed by atoms with Crippen molar-refractivity contribution in [3.05, 3.63) is 47.1 Å². The molecule has 0 aliphatic carbocycles. The molecule has 0 amide bonds. The summed E-state index contributed by atoms with van der Waals surface area (Å²) >= 11 is 0. The van der Waals surface area contributed by atoms with E-state index in [1.807, 2.05) is 13.0 Å². The van der Waals surface area contributed by atoms with Crippen molar-refractivity contribution in [1.29, 1.82) is 5.41 Å². The van der Waals surface area contributed by atoms with Crippen LogP contribution in [0.15, 0.2) is 47.1 Å². The van der Waals surface area contributed by atoms with Crippen LogP contribution in [-0.4, -0.2) is 6.21 Å². The van der Waals surface area contributed by atoms with Crippen molar-refractivity contribution in [3.63, 3.8) is 0 Å². The standard InChI is InChI=1S/C15H23N/c1-6-12(2)10-13(3)11-15(5)14(4)8-7-9-16/h8-11,16H,5-7H2,1-4H3/b12-10-,13-11-,14-8+,16-9?. The normalized spacial score (nSPS) is 13.9. The maximum atomic E-state index is 6.97. The SMILES string of the molecule is C=C(/C=C(C)\C=C(\C)CC)/C(C)=C/CC=N. The molecule has 0 bridgehead atoms. The van der Waals surface area contributed by atoms with Crippen LogP contribution in [0.5, 0.6) is 0 Å². The van der Waals surface area contributed by atoms with Gasteiger partial charge < -0.3 is 5.41 Å². The Morgan fingerprint density at radius 1 is 1.19 bits per heavy atom. The Labute approximate surface area is 99.8 Å². The third kappa shape index (κ3) is 6.18. The van der Waals surface area contributed by atoms with E-state index in [0.717, 1.165) is 17.6 Å². The molecule has 1 heteroatoms. The van der Waals surface area contributed by atoms with E-state index in [2.05, 4.69) is 39.5 Å². The summed E-state index contributed by atoms with van der Waals surface area (Å²) in [4.78, 5) is 0. The maximum absolute atomic E-state index is 6.97. The van der Waals surface area contributed by atoms with Gasteiger partial charge in [0, 0.05) is 6.42 Å². The van der Waals surface area contributed by atoms with Gasteiger partial charge in [-0.3, -0.25) is 0 Å². The summed E-state index contributed by atoms with van der Waals surface area (Å²) in [7, 11) is 0. The van der Waals surface area contributed by atoms with Crippen molar-refractivity contribution in [2.45, 2.75) is 40.5 Å². The Kier molecular flexibility index (Phi) is 7.19. The molecule has 0 unspecified atom stereocenters. The van der Waals surface area contributed by atoms with Crippen molar-refractivity contribution in [2.24, 2.45) is 0 Å². The second-order valence-electron chi connectivity index (χ2n) is 4.08. The lowest BCUT2D eigenvalue weighted by Gasteiger charge is -2.02. The molecular weight excluding hydrogens is 194 g/mol. The number of rotatable bonds is 6. The fourth-order valence-electron chi connectivity index (χ4n) is 1.29. The second kappa shape index (κ2) is 7.86. The fourth-order valence-corrected chi connectivity index (χ4v) is 1.29. The van der Waals surface area contributed by atoms with E-state index in [0.29, 0.717) is 6.42 Å². The van der Waals surface area contributed by atoms with Crippen molar-refractivity contribution in [1.82, 2.24) is 0 Å². The summed E-state index contributed by atoms with van der Waals surface area (Å²) < 4.78 is 0. The predicted octanol–water partition coefficient (Wildman–Crippen LogP) is 4.83. The van der Waals surface area contributed by atoms with Gasteiger partial charge in [-0.25, -0.2) is 0 Å². The van der Waals surface area contributed by atoms with Crippen LogP contribution in [0.2, 0.25) is 0 Å². The van der Waals surface area contributed by atoms with Crippen LogP contribution in [0.1, 0.15) is 40.5 Å². The lowest BCUT2D eigenvalue weighted by Crippen LogP contribution is -1.83. The highest BCUT2D eigenvalue weighted by atomic mass is 14.3. The van der Waals surface area contributed by atoms with Gasteiger partial charge >= 0.3 is 0 Å². The maximum Gasteiger partial charge on any atom is 0.000575 e. The van der Waals surface area contributed by atoms with Gasteiger partial charge in [-0.15, -0.1) is 0 Å². The van der Waals surface area contributed by atoms with Gasteiger partial charge in [-0.05, 0) is 44.6 Å². The Balaban J connectivity index is 4.65. The molecule has 0 rings (SSSR count). The van der Waals surface area contributed by atoms with E-state index in [-0.39, 0.29) is 0 Å². The Morgan fingerprint density at radius 2 is 1.81 bits per heavy atom. The highest BCUT2D eigenvalue weighted by molar-refractivity contribution is 5.56. The molecule has 0 spiro atoms. The number of hydrogen-bond donors (Lipinski definition) is 1. The van der Waals surface area contributed by atoms with Crippen LogP contribution in [0.25, 0.3) is 0 Å². The summed E-state index contributed by atoms with van der Waals surface area (Å²) in [6.45, 7) is 12.4. The first-order chi connectivity index (χ1) is 7.51. The summed E-state index contributed by atoms with van der Waals surface area (Å²) in [6.07, 6.45) is 9.47. The van der Waals surface area contributed by atoms with E-state index in [4.69, 9.17) is 5.41 Å². The van der Waals surface area contributed by atoms with Crippen LogP contribution < -0.4 is 0 Å². The summed E-state index contributed by atoms with van der Waals surface area (Å²) in [6, 6.07) is 0. The molecule has 1 nitrogen and oxygen atoms in total. The van der Waals surface area contributed by atoms with Crippen LogP contribution in [0.4, 0.5) is 0 Å². The van der Waals surface area contributed by atoms with Crippen molar-refractivity contribution in [2.75, 3.05) is 0 Å². The molecule has 0 aliphatic heterocycles. The van der Waals surface area contributed by atoms with E-state index < -0.39 is 0 Å². The first-order valence-electron chi connectivity index (χ1n) is 5.71. The molecule has 0 aromatic heterocycles. The van der Waals surface area contributed by atoms with Gasteiger partial charge in [0.1, 0.15) is 0 Å². The van der Waals surface area contributed by atoms with E-state index in [1.165, 1.54) is 17.4 Å². The zero-order valence-corrected chi connectivity index (χ0v) is 10.9.